The molecular formula is C30H42N2O3. The van der Waals surface area contributed by atoms with E-state index >= 15 is 0 Å². The zero-order valence-electron chi connectivity index (χ0n) is 21.3. The van der Waals surface area contributed by atoms with Gasteiger partial charge in [-0.2, -0.15) is 0 Å². The summed E-state index contributed by atoms with van der Waals surface area (Å²) < 4.78 is 12.3. The number of hydrogen-bond donors (Lipinski definition) is 0. The van der Waals surface area contributed by atoms with Crippen LogP contribution in [0.2, 0.25) is 0 Å². The number of ketones is 1. The van der Waals surface area contributed by atoms with Gasteiger partial charge in [0.1, 0.15) is 24.7 Å². The standard InChI is InChI=1S/C30H42N2O3/c33-28(27-14-6-8-16-30(27)35-24-22-32-19-11-3-4-12-20-32)25-26-13-5-7-15-29(26)34-23-21-31-17-9-1-2-10-18-31/h5-8,13-16H,1-4,9-12,17-25H2. The Labute approximate surface area is 211 Å². The third-order valence-electron chi connectivity index (χ3n) is 7.24. The fourth-order valence-electron chi connectivity index (χ4n) is 5.17. The Balaban J connectivity index is 1.31. The van der Waals surface area contributed by atoms with E-state index in [9.17, 15) is 4.79 Å². The molecule has 0 spiro atoms. The van der Waals surface area contributed by atoms with Gasteiger partial charge in [-0.3, -0.25) is 14.6 Å². The number of benzene rings is 2. The lowest BCUT2D eigenvalue weighted by molar-refractivity contribution is 0.0986. The van der Waals surface area contributed by atoms with E-state index in [0.717, 1.165) is 50.6 Å². The monoisotopic (exact) mass is 478 g/mol. The van der Waals surface area contributed by atoms with E-state index in [1.165, 1.54) is 51.4 Å². The first kappa shape index (κ1) is 25.7. The lowest BCUT2D eigenvalue weighted by atomic mass is 10.0. The molecule has 5 heteroatoms. The molecule has 4 rings (SSSR count). The first-order chi connectivity index (χ1) is 17.3. The van der Waals surface area contributed by atoms with Gasteiger partial charge in [0, 0.05) is 25.1 Å². The number of carbonyl (C=O) groups is 1. The van der Waals surface area contributed by atoms with Crippen molar-refractivity contribution in [2.75, 3.05) is 52.5 Å². The largest absolute Gasteiger partial charge is 0.492 e. The average molecular weight is 479 g/mol. The topological polar surface area (TPSA) is 42.0 Å². The molecule has 35 heavy (non-hydrogen) atoms. The second kappa shape index (κ2) is 14.3. The van der Waals surface area contributed by atoms with Gasteiger partial charge in [0.2, 0.25) is 0 Å². The molecule has 0 atom stereocenters. The van der Waals surface area contributed by atoms with Crippen molar-refractivity contribution in [2.24, 2.45) is 0 Å². The number of ether oxygens (including phenoxy) is 2. The summed E-state index contributed by atoms with van der Waals surface area (Å²) in [4.78, 5) is 18.3. The van der Waals surface area contributed by atoms with E-state index in [1.54, 1.807) is 0 Å². The van der Waals surface area contributed by atoms with E-state index in [-0.39, 0.29) is 5.78 Å². The summed E-state index contributed by atoms with van der Waals surface area (Å²) in [6.07, 6.45) is 10.8. The van der Waals surface area contributed by atoms with Gasteiger partial charge in [0.15, 0.2) is 5.78 Å². The maximum absolute atomic E-state index is 13.3. The van der Waals surface area contributed by atoms with Crippen LogP contribution in [0.15, 0.2) is 48.5 Å². The Kier molecular flexibility index (Phi) is 10.5. The van der Waals surface area contributed by atoms with Gasteiger partial charge in [-0.25, -0.2) is 0 Å². The van der Waals surface area contributed by atoms with Crippen molar-refractivity contribution in [3.8, 4) is 11.5 Å². The van der Waals surface area contributed by atoms with Crippen LogP contribution in [0.4, 0.5) is 0 Å². The van der Waals surface area contributed by atoms with Crippen molar-refractivity contribution in [2.45, 2.75) is 57.8 Å². The molecule has 2 aromatic rings. The molecule has 2 aromatic carbocycles. The zero-order chi connectivity index (χ0) is 24.1. The first-order valence-electron chi connectivity index (χ1n) is 13.7. The minimum Gasteiger partial charge on any atom is -0.492 e. The van der Waals surface area contributed by atoms with E-state index in [1.807, 2.05) is 48.5 Å². The second-order valence-corrected chi connectivity index (χ2v) is 9.91. The molecule has 0 unspecified atom stereocenters. The van der Waals surface area contributed by atoms with Gasteiger partial charge >= 0.3 is 0 Å². The van der Waals surface area contributed by atoms with Crippen LogP contribution in [0.1, 0.15) is 67.3 Å². The summed E-state index contributed by atoms with van der Waals surface area (Å²) in [5, 5.41) is 0. The predicted octanol–water partition coefficient (Wildman–Crippen LogP) is 5.62. The lowest BCUT2D eigenvalue weighted by Gasteiger charge is -2.21. The highest BCUT2D eigenvalue weighted by molar-refractivity contribution is 6.00. The van der Waals surface area contributed by atoms with E-state index in [4.69, 9.17) is 9.47 Å². The van der Waals surface area contributed by atoms with Gasteiger partial charge < -0.3 is 9.47 Å². The first-order valence-corrected chi connectivity index (χ1v) is 13.7. The molecule has 190 valence electrons. The Hall–Kier alpha value is -2.37. The molecule has 0 aliphatic carbocycles. The summed E-state index contributed by atoms with van der Waals surface area (Å²) in [6.45, 7) is 7.75. The highest BCUT2D eigenvalue weighted by Crippen LogP contribution is 2.24. The summed E-state index contributed by atoms with van der Waals surface area (Å²) in [5.74, 6) is 1.57. The molecule has 2 aliphatic rings. The Bertz CT molecular complexity index is 900. The minimum absolute atomic E-state index is 0.0685. The van der Waals surface area contributed by atoms with Crippen molar-refractivity contribution in [3.63, 3.8) is 0 Å². The van der Waals surface area contributed by atoms with Crippen LogP contribution in [0, 0.1) is 0 Å². The lowest BCUT2D eigenvalue weighted by Crippen LogP contribution is -2.29. The van der Waals surface area contributed by atoms with Crippen LogP contribution in [-0.4, -0.2) is 68.1 Å². The van der Waals surface area contributed by atoms with Crippen molar-refractivity contribution >= 4 is 5.78 Å². The number of nitrogens with zero attached hydrogens (tertiary/aromatic N) is 2. The van der Waals surface area contributed by atoms with Crippen LogP contribution in [0.5, 0.6) is 11.5 Å². The number of para-hydroxylation sites is 2. The van der Waals surface area contributed by atoms with Crippen LogP contribution in [-0.2, 0) is 6.42 Å². The number of Topliss-reactive ketones (excluding diaryl/α,β-unsaturated/α-hetero) is 1. The molecule has 2 fully saturated rings. The van der Waals surface area contributed by atoms with Crippen LogP contribution in [0.3, 0.4) is 0 Å². The van der Waals surface area contributed by atoms with Crippen LogP contribution < -0.4 is 9.47 Å². The molecule has 2 aliphatic heterocycles. The van der Waals surface area contributed by atoms with Crippen LogP contribution in [0.25, 0.3) is 0 Å². The highest BCUT2D eigenvalue weighted by atomic mass is 16.5. The molecule has 0 radical (unpaired) electrons. The van der Waals surface area contributed by atoms with Gasteiger partial charge in [0.05, 0.1) is 5.56 Å². The molecule has 5 nitrogen and oxygen atoms in total. The van der Waals surface area contributed by atoms with Crippen molar-refractivity contribution < 1.29 is 14.3 Å². The molecule has 2 saturated heterocycles. The maximum atomic E-state index is 13.3. The quantitative estimate of drug-likeness (QED) is 0.392. The third-order valence-corrected chi connectivity index (χ3v) is 7.24. The summed E-state index contributed by atoms with van der Waals surface area (Å²) in [5.41, 5.74) is 1.59. The normalized spacial score (nSPS) is 17.9. The van der Waals surface area contributed by atoms with Gasteiger partial charge in [-0.1, -0.05) is 56.0 Å². The number of rotatable bonds is 11. The Morgan fingerprint density at radius 1 is 0.629 bits per heavy atom. The van der Waals surface area contributed by atoms with Crippen LogP contribution >= 0.6 is 0 Å². The third kappa shape index (κ3) is 8.36. The van der Waals surface area contributed by atoms with Crippen molar-refractivity contribution in [1.29, 1.82) is 0 Å². The molecule has 0 saturated carbocycles. The number of carbonyl (C=O) groups excluding carboxylic acids is 1. The van der Waals surface area contributed by atoms with Crippen molar-refractivity contribution in [1.82, 2.24) is 9.80 Å². The van der Waals surface area contributed by atoms with Gasteiger partial charge in [0.25, 0.3) is 0 Å². The van der Waals surface area contributed by atoms with E-state index in [0.29, 0.717) is 30.9 Å². The molecule has 0 aromatic heterocycles. The zero-order valence-corrected chi connectivity index (χ0v) is 21.3. The summed E-state index contributed by atoms with van der Waals surface area (Å²) in [7, 11) is 0. The number of hydrogen-bond acceptors (Lipinski definition) is 5. The SMILES string of the molecule is O=C(Cc1ccccc1OCCN1CCCCCC1)c1ccccc1OCCN1CCCCCC1. The van der Waals surface area contributed by atoms with E-state index < -0.39 is 0 Å². The van der Waals surface area contributed by atoms with Gasteiger partial charge in [-0.05, 0) is 70.1 Å². The second-order valence-electron chi connectivity index (χ2n) is 9.91. The Morgan fingerprint density at radius 3 is 1.71 bits per heavy atom. The summed E-state index contributed by atoms with van der Waals surface area (Å²) >= 11 is 0. The molecule has 0 bridgehead atoms. The molecule has 0 amide bonds. The van der Waals surface area contributed by atoms with Gasteiger partial charge in [-0.15, -0.1) is 0 Å². The fourth-order valence-corrected chi connectivity index (χ4v) is 5.17. The highest BCUT2D eigenvalue weighted by Gasteiger charge is 2.16. The average Bonchev–Trinajstić information content (AvgIpc) is 3.31. The molecular weight excluding hydrogens is 436 g/mol. The van der Waals surface area contributed by atoms with E-state index in [2.05, 4.69) is 9.80 Å². The summed E-state index contributed by atoms with van der Waals surface area (Å²) in [6, 6.07) is 15.6. The smallest absolute Gasteiger partial charge is 0.171 e. The molecule has 0 N–H and O–H groups in total. The molecule has 2 heterocycles. The fraction of sp³-hybridized carbons (Fsp3) is 0.567. The van der Waals surface area contributed by atoms with Crippen molar-refractivity contribution in [3.05, 3.63) is 59.7 Å². The predicted molar refractivity (Wildman–Crippen MR) is 142 cm³/mol. The maximum Gasteiger partial charge on any atom is 0.171 e. The Morgan fingerprint density at radius 2 is 1.11 bits per heavy atom. The minimum atomic E-state index is 0.0685. The number of likely N-dealkylation sites (tertiary alicyclic amines) is 2.